The molecule has 0 aliphatic carbocycles. The largest absolute Gasteiger partial charge is 0.490 e. The van der Waals surface area contributed by atoms with E-state index in [1.165, 1.54) is 0 Å². The highest BCUT2D eigenvalue weighted by atomic mass is 19.4. The third kappa shape index (κ3) is 5.38. The standard InChI is InChI=1S/C13H18F3NO2/c1-2-18-11-5-3-4-10(6-8-17)12(11)19-9-7-13(14,15)16/h3-5H,2,6-9,17H2,1H3. The van der Waals surface area contributed by atoms with Crippen molar-refractivity contribution in [2.24, 2.45) is 5.73 Å². The number of alkyl halides is 3. The maximum atomic E-state index is 12.1. The lowest BCUT2D eigenvalue weighted by Crippen LogP contribution is -2.14. The molecule has 108 valence electrons. The van der Waals surface area contributed by atoms with Gasteiger partial charge in [0, 0.05) is 0 Å². The second kappa shape index (κ2) is 7.23. The molecule has 0 saturated heterocycles. The van der Waals surface area contributed by atoms with Crippen LogP contribution < -0.4 is 15.2 Å². The summed E-state index contributed by atoms with van der Waals surface area (Å²) in [6.45, 7) is 2.19. The zero-order valence-electron chi connectivity index (χ0n) is 10.8. The predicted molar refractivity (Wildman–Crippen MR) is 66.5 cm³/mol. The summed E-state index contributed by atoms with van der Waals surface area (Å²) in [5, 5.41) is 0. The maximum Gasteiger partial charge on any atom is 0.392 e. The van der Waals surface area contributed by atoms with Crippen molar-refractivity contribution in [2.75, 3.05) is 19.8 Å². The Bertz CT molecular complexity index is 370. The SMILES string of the molecule is CCOc1cccc(CCN)c1OCCC(F)(F)F. The number of nitrogens with two attached hydrogens (primary N) is 1. The Hall–Kier alpha value is -1.43. The number of halogens is 3. The minimum absolute atomic E-state index is 0.360. The Balaban J connectivity index is 2.81. The molecule has 0 aromatic heterocycles. The number of para-hydroxylation sites is 1. The van der Waals surface area contributed by atoms with Gasteiger partial charge in [-0.15, -0.1) is 0 Å². The number of benzene rings is 1. The topological polar surface area (TPSA) is 44.5 Å². The van der Waals surface area contributed by atoms with Gasteiger partial charge in [-0.2, -0.15) is 13.2 Å². The quantitative estimate of drug-likeness (QED) is 0.833. The maximum absolute atomic E-state index is 12.1. The van der Waals surface area contributed by atoms with Crippen LogP contribution in [0, 0.1) is 0 Å². The fourth-order valence-electron chi connectivity index (χ4n) is 1.62. The molecule has 1 rings (SSSR count). The van der Waals surface area contributed by atoms with Crippen LogP contribution in [0.15, 0.2) is 18.2 Å². The smallest absolute Gasteiger partial charge is 0.392 e. The van der Waals surface area contributed by atoms with Crippen molar-refractivity contribution in [3.63, 3.8) is 0 Å². The lowest BCUT2D eigenvalue weighted by molar-refractivity contribution is -0.139. The average molecular weight is 277 g/mol. The molecule has 0 fully saturated rings. The summed E-state index contributed by atoms with van der Waals surface area (Å²) in [5.41, 5.74) is 6.23. The van der Waals surface area contributed by atoms with Crippen LogP contribution >= 0.6 is 0 Å². The Morgan fingerprint density at radius 1 is 1.21 bits per heavy atom. The molecule has 3 nitrogen and oxygen atoms in total. The Labute approximate surface area is 110 Å². The summed E-state index contributed by atoms with van der Waals surface area (Å²) in [4.78, 5) is 0. The average Bonchev–Trinajstić information content (AvgIpc) is 2.31. The zero-order valence-corrected chi connectivity index (χ0v) is 10.8. The lowest BCUT2D eigenvalue weighted by atomic mass is 10.1. The third-order valence-electron chi connectivity index (χ3n) is 2.41. The van der Waals surface area contributed by atoms with Gasteiger partial charge in [0.2, 0.25) is 0 Å². The summed E-state index contributed by atoms with van der Waals surface area (Å²) >= 11 is 0. The van der Waals surface area contributed by atoms with Gasteiger partial charge in [0.15, 0.2) is 11.5 Å². The Kier molecular flexibility index (Phi) is 5.95. The highest BCUT2D eigenvalue weighted by Crippen LogP contribution is 2.32. The van der Waals surface area contributed by atoms with Crippen LogP contribution in [0.2, 0.25) is 0 Å². The number of hydrogen-bond acceptors (Lipinski definition) is 3. The molecule has 0 heterocycles. The Morgan fingerprint density at radius 2 is 1.95 bits per heavy atom. The van der Waals surface area contributed by atoms with Crippen molar-refractivity contribution in [3.05, 3.63) is 23.8 Å². The molecule has 0 radical (unpaired) electrons. The molecule has 1 aromatic carbocycles. The predicted octanol–water partition coefficient (Wildman–Crippen LogP) is 2.92. The first kappa shape index (κ1) is 15.6. The van der Waals surface area contributed by atoms with Gasteiger partial charge in [0.1, 0.15) is 0 Å². The molecule has 0 saturated carbocycles. The van der Waals surface area contributed by atoms with E-state index in [9.17, 15) is 13.2 Å². The first-order chi connectivity index (χ1) is 8.98. The summed E-state index contributed by atoms with van der Waals surface area (Å²) in [7, 11) is 0. The van der Waals surface area contributed by atoms with E-state index >= 15 is 0 Å². The van der Waals surface area contributed by atoms with E-state index in [2.05, 4.69) is 0 Å². The third-order valence-corrected chi connectivity index (χ3v) is 2.41. The monoisotopic (exact) mass is 277 g/mol. The molecule has 0 amide bonds. The van der Waals surface area contributed by atoms with E-state index in [-0.39, 0.29) is 0 Å². The molecule has 2 N–H and O–H groups in total. The van der Waals surface area contributed by atoms with E-state index in [0.717, 1.165) is 5.56 Å². The van der Waals surface area contributed by atoms with Crippen molar-refractivity contribution in [1.29, 1.82) is 0 Å². The molecule has 6 heteroatoms. The van der Waals surface area contributed by atoms with Crippen LogP contribution in [0.4, 0.5) is 13.2 Å². The summed E-state index contributed by atoms with van der Waals surface area (Å²) < 4.78 is 47.0. The van der Waals surface area contributed by atoms with Gasteiger partial charge >= 0.3 is 6.18 Å². The van der Waals surface area contributed by atoms with Crippen molar-refractivity contribution in [3.8, 4) is 11.5 Å². The molecule has 0 aliphatic rings. The van der Waals surface area contributed by atoms with Gasteiger partial charge in [0.05, 0.1) is 19.6 Å². The summed E-state index contributed by atoms with van der Waals surface area (Å²) in [6, 6.07) is 5.22. The highest BCUT2D eigenvalue weighted by Gasteiger charge is 2.27. The molecule has 0 bridgehead atoms. The highest BCUT2D eigenvalue weighted by molar-refractivity contribution is 5.46. The molecular formula is C13H18F3NO2. The van der Waals surface area contributed by atoms with Crippen LogP contribution in [0.3, 0.4) is 0 Å². The molecule has 0 spiro atoms. The van der Waals surface area contributed by atoms with Crippen molar-refractivity contribution < 1.29 is 22.6 Å². The van der Waals surface area contributed by atoms with Gasteiger partial charge in [-0.05, 0) is 31.5 Å². The number of rotatable bonds is 7. The zero-order chi connectivity index (χ0) is 14.3. The van der Waals surface area contributed by atoms with Crippen LogP contribution in [0.5, 0.6) is 11.5 Å². The van der Waals surface area contributed by atoms with Gasteiger partial charge in [0.25, 0.3) is 0 Å². The Morgan fingerprint density at radius 3 is 2.53 bits per heavy atom. The molecule has 0 atom stereocenters. The second-order valence-corrected chi connectivity index (χ2v) is 3.93. The normalized spacial score (nSPS) is 11.4. The summed E-state index contributed by atoms with van der Waals surface area (Å²) in [6.07, 6.45) is -4.69. The fraction of sp³-hybridized carbons (Fsp3) is 0.538. The molecule has 1 aromatic rings. The van der Waals surface area contributed by atoms with Crippen LogP contribution in [0.1, 0.15) is 18.9 Å². The molecule has 19 heavy (non-hydrogen) atoms. The molecule has 0 unspecified atom stereocenters. The van der Waals surface area contributed by atoms with Crippen LogP contribution in [0.25, 0.3) is 0 Å². The van der Waals surface area contributed by atoms with E-state index in [1.54, 1.807) is 25.1 Å². The van der Waals surface area contributed by atoms with Gasteiger partial charge < -0.3 is 15.2 Å². The van der Waals surface area contributed by atoms with E-state index in [4.69, 9.17) is 15.2 Å². The van der Waals surface area contributed by atoms with E-state index in [1.807, 2.05) is 0 Å². The molecule has 0 aliphatic heterocycles. The lowest BCUT2D eigenvalue weighted by Gasteiger charge is -2.16. The first-order valence-corrected chi connectivity index (χ1v) is 6.12. The number of ether oxygens (including phenoxy) is 2. The van der Waals surface area contributed by atoms with Crippen molar-refractivity contribution in [1.82, 2.24) is 0 Å². The van der Waals surface area contributed by atoms with Gasteiger partial charge in [-0.25, -0.2) is 0 Å². The van der Waals surface area contributed by atoms with E-state index in [0.29, 0.717) is 31.1 Å². The van der Waals surface area contributed by atoms with Gasteiger partial charge in [-0.1, -0.05) is 12.1 Å². The van der Waals surface area contributed by atoms with Crippen LogP contribution in [-0.2, 0) is 6.42 Å². The van der Waals surface area contributed by atoms with E-state index < -0.39 is 19.2 Å². The van der Waals surface area contributed by atoms with Crippen molar-refractivity contribution >= 4 is 0 Å². The van der Waals surface area contributed by atoms with Crippen molar-refractivity contribution in [2.45, 2.75) is 25.9 Å². The summed E-state index contributed by atoms with van der Waals surface area (Å²) in [5.74, 6) is 0.815. The minimum Gasteiger partial charge on any atom is -0.490 e. The fourth-order valence-corrected chi connectivity index (χ4v) is 1.62. The van der Waals surface area contributed by atoms with Crippen LogP contribution in [-0.4, -0.2) is 25.9 Å². The number of hydrogen-bond donors (Lipinski definition) is 1. The first-order valence-electron chi connectivity index (χ1n) is 6.12. The second-order valence-electron chi connectivity index (χ2n) is 3.93. The minimum atomic E-state index is -4.23. The van der Waals surface area contributed by atoms with Gasteiger partial charge in [-0.3, -0.25) is 0 Å². The molecular weight excluding hydrogens is 259 g/mol.